The zero-order chi connectivity index (χ0) is 14.5. The van der Waals surface area contributed by atoms with Gasteiger partial charge >= 0.3 is 0 Å². The van der Waals surface area contributed by atoms with E-state index in [1.807, 2.05) is 37.4 Å². The Labute approximate surface area is 121 Å². The van der Waals surface area contributed by atoms with E-state index in [-0.39, 0.29) is 5.56 Å². The topological polar surface area (TPSA) is 54.1 Å². The number of likely N-dealkylation sites (N-methyl/N-ethyl adjacent to an activating group) is 1. The predicted molar refractivity (Wildman–Crippen MR) is 83.7 cm³/mol. The van der Waals surface area contributed by atoms with Crippen LogP contribution >= 0.6 is 11.3 Å². The van der Waals surface area contributed by atoms with Crippen molar-refractivity contribution in [2.24, 2.45) is 0 Å². The molecule has 2 rings (SSSR count). The van der Waals surface area contributed by atoms with Gasteiger partial charge < -0.3 is 15.0 Å². The Bertz CT molecular complexity index is 716. The maximum Gasteiger partial charge on any atom is 0.266 e. The molecule has 0 spiro atoms. The number of hydrogen-bond acceptors (Lipinski definition) is 4. The van der Waals surface area contributed by atoms with E-state index >= 15 is 0 Å². The van der Waals surface area contributed by atoms with Gasteiger partial charge in [-0.25, -0.2) is 0 Å². The smallest absolute Gasteiger partial charge is 0.266 e. The second-order valence-corrected chi connectivity index (χ2v) is 5.69. The molecule has 0 radical (unpaired) electrons. The lowest BCUT2D eigenvalue weighted by Crippen LogP contribution is -2.28. The number of hydrogen-bond donors (Lipinski definition) is 2. The first-order chi connectivity index (χ1) is 9.58. The van der Waals surface area contributed by atoms with Gasteiger partial charge in [0, 0.05) is 6.04 Å². The van der Waals surface area contributed by atoms with Crippen molar-refractivity contribution in [3.05, 3.63) is 49.4 Å². The zero-order valence-corrected chi connectivity index (χ0v) is 12.4. The lowest BCUT2D eigenvalue weighted by Gasteiger charge is -2.11. The molecular formula is C15H18N2O2S. The molecule has 20 heavy (non-hydrogen) atoms. The van der Waals surface area contributed by atoms with Gasteiger partial charge in [-0.2, -0.15) is 0 Å². The van der Waals surface area contributed by atoms with E-state index in [1.54, 1.807) is 0 Å². The van der Waals surface area contributed by atoms with Crippen LogP contribution in [-0.4, -0.2) is 24.7 Å². The molecule has 2 aromatic rings. The number of thiazole rings is 1. The Morgan fingerprint density at radius 2 is 2.15 bits per heavy atom. The highest BCUT2D eigenvalue weighted by Gasteiger charge is 2.00. The molecule has 0 saturated heterocycles. The Kier molecular flexibility index (Phi) is 4.76. The number of nitrogens with one attached hydrogen (secondary N) is 2. The fraction of sp³-hybridized carbons (Fsp3) is 0.267. The molecule has 1 aromatic carbocycles. The van der Waals surface area contributed by atoms with Crippen molar-refractivity contribution in [2.45, 2.75) is 13.0 Å². The number of benzene rings is 1. The molecule has 0 aliphatic carbocycles. The molecule has 5 heteroatoms. The van der Waals surface area contributed by atoms with Crippen molar-refractivity contribution < 1.29 is 4.74 Å². The van der Waals surface area contributed by atoms with Crippen molar-refractivity contribution in [3.63, 3.8) is 0 Å². The third kappa shape index (κ3) is 3.82. The quantitative estimate of drug-likeness (QED) is 0.851. The van der Waals surface area contributed by atoms with E-state index in [1.165, 1.54) is 11.3 Å². The number of H-pyrrole nitrogens is 1. The summed E-state index contributed by atoms with van der Waals surface area (Å²) in [6.45, 7) is 6.40. The van der Waals surface area contributed by atoms with Crippen LogP contribution in [0.4, 0.5) is 0 Å². The van der Waals surface area contributed by atoms with Gasteiger partial charge in [0.15, 0.2) is 0 Å². The standard InChI is InChI=1S/C15H18N2O2S/c1-10(16-3)9-19-13-6-4-12(5-7-13)8-14-15(18)17-11(2)20-14/h4-8,10,16H,2,9H2,1,3H3,(H,17,18)/b14-8-. The van der Waals surface area contributed by atoms with Crippen molar-refractivity contribution >= 4 is 24.0 Å². The van der Waals surface area contributed by atoms with Gasteiger partial charge in [0.2, 0.25) is 0 Å². The SMILES string of the molecule is C=c1[nH]c(=O)/c(=C/c2ccc(OCC(C)NC)cc2)s1. The highest BCUT2D eigenvalue weighted by atomic mass is 32.1. The molecule has 0 bridgehead atoms. The lowest BCUT2D eigenvalue weighted by atomic mass is 10.2. The Morgan fingerprint density at radius 1 is 1.45 bits per heavy atom. The van der Waals surface area contributed by atoms with Gasteiger partial charge in [-0.3, -0.25) is 4.79 Å². The second-order valence-electron chi connectivity index (χ2n) is 4.56. The summed E-state index contributed by atoms with van der Waals surface area (Å²) in [6.07, 6.45) is 1.85. The maximum atomic E-state index is 11.6. The first-order valence-electron chi connectivity index (χ1n) is 6.38. The monoisotopic (exact) mass is 290 g/mol. The number of ether oxygens (including phenoxy) is 1. The predicted octanol–water partition coefficient (Wildman–Crippen LogP) is 0.662. The number of aromatic amines is 1. The fourth-order valence-electron chi connectivity index (χ4n) is 1.60. The van der Waals surface area contributed by atoms with Crippen molar-refractivity contribution in [1.29, 1.82) is 0 Å². The van der Waals surface area contributed by atoms with Crippen LogP contribution < -0.4 is 24.8 Å². The van der Waals surface area contributed by atoms with Crippen LogP contribution in [0.15, 0.2) is 29.1 Å². The fourth-order valence-corrected chi connectivity index (χ4v) is 2.35. The summed E-state index contributed by atoms with van der Waals surface area (Å²) in [6, 6.07) is 7.98. The van der Waals surface area contributed by atoms with E-state index in [4.69, 9.17) is 4.74 Å². The number of aromatic nitrogens is 1. The largest absolute Gasteiger partial charge is 0.492 e. The molecular weight excluding hydrogens is 272 g/mol. The van der Waals surface area contributed by atoms with Crippen LogP contribution in [0.3, 0.4) is 0 Å². The zero-order valence-electron chi connectivity index (χ0n) is 11.6. The van der Waals surface area contributed by atoms with Crippen molar-refractivity contribution in [1.82, 2.24) is 10.3 Å². The highest BCUT2D eigenvalue weighted by molar-refractivity contribution is 7.07. The minimum Gasteiger partial charge on any atom is -0.492 e. The Balaban J connectivity index is 2.13. The second kappa shape index (κ2) is 6.54. The average Bonchev–Trinajstić information content (AvgIpc) is 2.75. The summed E-state index contributed by atoms with van der Waals surface area (Å²) in [5, 5.41) is 3.11. The van der Waals surface area contributed by atoms with Gasteiger partial charge in [0.1, 0.15) is 12.4 Å². The van der Waals surface area contributed by atoms with Crippen LogP contribution in [0.2, 0.25) is 0 Å². The molecule has 0 aliphatic rings. The first kappa shape index (κ1) is 14.6. The molecule has 1 unspecified atom stereocenters. The summed E-state index contributed by atoms with van der Waals surface area (Å²) in [5.74, 6) is 0.821. The van der Waals surface area contributed by atoms with E-state index in [2.05, 4.69) is 23.8 Å². The van der Waals surface area contributed by atoms with E-state index < -0.39 is 0 Å². The van der Waals surface area contributed by atoms with Crippen LogP contribution in [0, 0.1) is 0 Å². The molecule has 2 N–H and O–H groups in total. The first-order valence-corrected chi connectivity index (χ1v) is 7.20. The molecule has 1 heterocycles. The van der Waals surface area contributed by atoms with Gasteiger partial charge in [0.25, 0.3) is 5.56 Å². The summed E-state index contributed by atoms with van der Waals surface area (Å²) in [7, 11) is 1.90. The molecule has 106 valence electrons. The van der Waals surface area contributed by atoms with Crippen LogP contribution in [-0.2, 0) is 0 Å². The molecule has 0 aliphatic heterocycles. The van der Waals surface area contributed by atoms with Gasteiger partial charge in [0.05, 0.1) is 9.20 Å². The van der Waals surface area contributed by atoms with E-state index in [0.29, 0.717) is 21.8 Å². The Morgan fingerprint density at radius 3 is 2.70 bits per heavy atom. The minimum atomic E-state index is -0.0943. The lowest BCUT2D eigenvalue weighted by molar-refractivity contribution is 0.280. The minimum absolute atomic E-state index is 0.0943. The van der Waals surface area contributed by atoms with Crippen LogP contribution in [0.5, 0.6) is 5.75 Å². The van der Waals surface area contributed by atoms with Crippen molar-refractivity contribution in [3.8, 4) is 5.75 Å². The van der Waals surface area contributed by atoms with E-state index in [9.17, 15) is 4.79 Å². The highest BCUT2D eigenvalue weighted by Crippen LogP contribution is 2.12. The van der Waals surface area contributed by atoms with Crippen molar-refractivity contribution in [2.75, 3.05) is 13.7 Å². The molecule has 4 nitrogen and oxygen atoms in total. The molecule has 1 atom stereocenters. The molecule has 0 amide bonds. The maximum absolute atomic E-state index is 11.6. The summed E-state index contributed by atoms with van der Waals surface area (Å²) < 4.78 is 6.97. The molecule has 1 aromatic heterocycles. The normalized spacial score (nSPS) is 13.4. The van der Waals surface area contributed by atoms with Crippen LogP contribution in [0.1, 0.15) is 12.5 Å². The summed E-state index contributed by atoms with van der Waals surface area (Å²) in [4.78, 5) is 14.2. The van der Waals surface area contributed by atoms with Crippen LogP contribution in [0.25, 0.3) is 12.7 Å². The van der Waals surface area contributed by atoms with Gasteiger partial charge in [-0.05, 0) is 37.7 Å². The van der Waals surface area contributed by atoms with Gasteiger partial charge in [-0.15, -0.1) is 11.3 Å². The summed E-state index contributed by atoms with van der Waals surface area (Å²) >= 11 is 1.36. The molecule has 0 fully saturated rings. The third-order valence-corrected chi connectivity index (χ3v) is 3.75. The third-order valence-electron chi connectivity index (χ3n) is 2.88. The number of rotatable bonds is 5. The Hall–Kier alpha value is -1.85. The van der Waals surface area contributed by atoms with Gasteiger partial charge in [-0.1, -0.05) is 18.7 Å². The average molecular weight is 290 g/mol. The van der Waals surface area contributed by atoms with E-state index in [0.717, 1.165) is 11.3 Å². The molecule has 0 saturated carbocycles. The summed E-state index contributed by atoms with van der Waals surface area (Å²) in [5.41, 5.74) is 0.870.